The molecule has 0 heterocycles. The summed E-state index contributed by atoms with van der Waals surface area (Å²) in [4.78, 5) is 0. The molecule has 0 unspecified atom stereocenters. The van der Waals surface area contributed by atoms with E-state index in [2.05, 4.69) is 21.2 Å². The maximum Gasteiger partial charge on any atom is 0.123 e. The van der Waals surface area contributed by atoms with Gasteiger partial charge in [-0.3, -0.25) is 0 Å². The van der Waals surface area contributed by atoms with Crippen molar-refractivity contribution in [2.75, 3.05) is 5.32 Å². The Bertz CT molecular complexity index is 531. The minimum Gasteiger partial charge on any atom is -0.381 e. The van der Waals surface area contributed by atoms with Gasteiger partial charge in [-0.25, -0.2) is 4.39 Å². The average molecular weight is 315 g/mol. The molecule has 4 heteroatoms. The van der Waals surface area contributed by atoms with Gasteiger partial charge in [-0.15, -0.1) is 0 Å². The average Bonchev–Trinajstić information content (AvgIpc) is 2.30. The summed E-state index contributed by atoms with van der Waals surface area (Å²) < 4.78 is 14.0. The van der Waals surface area contributed by atoms with Crippen molar-refractivity contribution < 1.29 is 4.39 Å². The van der Waals surface area contributed by atoms with Crippen LogP contribution in [0.25, 0.3) is 0 Å². The van der Waals surface area contributed by atoms with Crippen LogP contribution in [-0.4, -0.2) is 0 Å². The summed E-state index contributed by atoms with van der Waals surface area (Å²) in [6.07, 6.45) is 0. The van der Waals surface area contributed by atoms with Crippen LogP contribution in [0.4, 0.5) is 10.1 Å². The Labute approximate surface area is 113 Å². The van der Waals surface area contributed by atoms with Crippen molar-refractivity contribution in [3.63, 3.8) is 0 Å². The molecule has 0 bridgehead atoms. The summed E-state index contributed by atoms with van der Waals surface area (Å²) in [6.45, 7) is 0.540. The van der Waals surface area contributed by atoms with Gasteiger partial charge in [0.1, 0.15) is 5.82 Å². The first-order valence-electron chi connectivity index (χ1n) is 5.08. The Kier molecular flexibility index (Phi) is 4.02. The summed E-state index contributed by atoms with van der Waals surface area (Å²) in [7, 11) is 0. The van der Waals surface area contributed by atoms with Gasteiger partial charge >= 0.3 is 0 Å². The van der Waals surface area contributed by atoms with Crippen LogP contribution in [0.15, 0.2) is 46.9 Å². The second kappa shape index (κ2) is 5.52. The Morgan fingerprint density at radius 1 is 1.18 bits per heavy atom. The highest BCUT2D eigenvalue weighted by Crippen LogP contribution is 2.20. The molecule has 0 aliphatic carbocycles. The topological polar surface area (TPSA) is 12.0 Å². The van der Waals surface area contributed by atoms with Crippen molar-refractivity contribution >= 4 is 33.2 Å². The normalized spacial score (nSPS) is 10.3. The van der Waals surface area contributed by atoms with Crippen LogP contribution >= 0.6 is 27.5 Å². The Morgan fingerprint density at radius 3 is 2.76 bits per heavy atom. The number of halogens is 3. The van der Waals surface area contributed by atoms with Gasteiger partial charge in [0.05, 0.1) is 0 Å². The second-order valence-corrected chi connectivity index (χ2v) is 4.89. The zero-order chi connectivity index (χ0) is 12.3. The highest BCUT2D eigenvalue weighted by atomic mass is 79.9. The first-order valence-corrected chi connectivity index (χ1v) is 6.25. The van der Waals surface area contributed by atoms with Gasteiger partial charge in [0.15, 0.2) is 0 Å². The molecule has 1 N–H and O–H groups in total. The lowest BCUT2D eigenvalue weighted by Gasteiger charge is -2.08. The van der Waals surface area contributed by atoms with Gasteiger partial charge in [-0.2, -0.15) is 0 Å². The highest BCUT2D eigenvalue weighted by molar-refractivity contribution is 9.10. The van der Waals surface area contributed by atoms with E-state index in [1.807, 2.05) is 24.3 Å². The van der Waals surface area contributed by atoms with Gasteiger partial charge in [0.25, 0.3) is 0 Å². The van der Waals surface area contributed by atoms with Gasteiger partial charge in [0, 0.05) is 21.7 Å². The van der Waals surface area contributed by atoms with Crippen molar-refractivity contribution in [1.82, 2.24) is 0 Å². The van der Waals surface area contributed by atoms with Crippen molar-refractivity contribution in [3.8, 4) is 0 Å². The fourth-order valence-electron chi connectivity index (χ4n) is 1.47. The van der Waals surface area contributed by atoms with E-state index in [9.17, 15) is 4.39 Å². The zero-order valence-corrected chi connectivity index (χ0v) is 11.2. The van der Waals surface area contributed by atoms with Crippen molar-refractivity contribution in [2.24, 2.45) is 0 Å². The van der Waals surface area contributed by atoms with E-state index in [0.717, 1.165) is 15.7 Å². The van der Waals surface area contributed by atoms with Crippen LogP contribution in [0.1, 0.15) is 5.56 Å². The molecule has 0 aliphatic rings. The minimum atomic E-state index is -0.240. The second-order valence-electron chi connectivity index (χ2n) is 3.60. The first kappa shape index (κ1) is 12.4. The summed E-state index contributed by atoms with van der Waals surface area (Å²) in [5, 5.41) is 3.86. The van der Waals surface area contributed by atoms with Gasteiger partial charge in [0.2, 0.25) is 0 Å². The molecule has 0 fully saturated rings. The smallest absolute Gasteiger partial charge is 0.123 e. The predicted octanol–water partition coefficient (Wildman–Crippen LogP) is 4.85. The molecule has 0 saturated carbocycles. The standard InChI is InChI=1S/C13H10BrClFN/c14-13-5-4-11(16)6-9(13)8-17-12-3-1-2-10(15)7-12/h1-7,17H,8H2. The number of nitrogens with one attached hydrogen (secondary N) is 1. The molecule has 1 nitrogen and oxygen atoms in total. The number of anilines is 1. The largest absolute Gasteiger partial charge is 0.381 e. The number of hydrogen-bond donors (Lipinski definition) is 1. The molecular formula is C13H10BrClFN. The summed E-state index contributed by atoms with van der Waals surface area (Å²) >= 11 is 9.26. The molecule has 0 aliphatic heterocycles. The molecule has 0 radical (unpaired) electrons. The Hall–Kier alpha value is -1.06. The molecule has 0 saturated heterocycles. The van der Waals surface area contributed by atoms with Crippen LogP contribution < -0.4 is 5.32 Å². The minimum absolute atomic E-state index is 0.240. The van der Waals surface area contributed by atoms with Crippen LogP contribution in [0.5, 0.6) is 0 Å². The van der Waals surface area contributed by atoms with Gasteiger partial charge < -0.3 is 5.32 Å². The summed E-state index contributed by atoms with van der Waals surface area (Å²) in [5.74, 6) is -0.240. The fraction of sp³-hybridized carbons (Fsp3) is 0.0769. The van der Waals surface area contributed by atoms with E-state index < -0.39 is 0 Å². The molecular weight excluding hydrogens is 305 g/mol. The van der Waals surface area contributed by atoms with Gasteiger partial charge in [-0.05, 0) is 42.0 Å². The van der Waals surface area contributed by atoms with E-state index in [1.54, 1.807) is 6.07 Å². The molecule has 0 atom stereocenters. The first-order chi connectivity index (χ1) is 8.15. The van der Waals surface area contributed by atoms with E-state index >= 15 is 0 Å². The number of benzene rings is 2. The predicted molar refractivity (Wildman–Crippen MR) is 72.9 cm³/mol. The molecule has 88 valence electrons. The molecule has 0 aromatic heterocycles. The SMILES string of the molecule is Fc1ccc(Br)c(CNc2cccc(Cl)c2)c1. The number of rotatable bonds is 3. The molecule has 2 rings (SSSR count). The van der Waals surface area contributed by atoms with Crippen LogP contribution in [0, 0.1) is 5.82 Å². The van der Waals surface area contributed by atoms with E-state index in [1.165, 1.54) is 12.1 Å². The molecule has 2 aromatic carbocycles. The van der Waals surface area contributed by atoms with Crippen molar-refractivity contribution in [2.45, 2.75) is 6.54 Å². The quantitative estimate of drug-likeness (QED) is 0.853. The molecule has 2 aromatic rings. The molecule has 17 heavy (non-hydrogen) atoms. The Balaban J connectivity index is 2.09. The van der Waals surface area contributed by atoms with Gasteiger partial charge in [-0.1, -0.05) is 33.6 Å². The Morgan fingerprint density at radius 2 is 2.00 bits per heavy atom. The van der Waals surface area contributed by atoms with E-state index in [4.69, 9.17) is 11.6 Å². The monoisotopic (exact) mass is 313 g/mol. The lowest BCUT2D eigenvalue weighted by atomic mass is 10.2. The maximum atomic E-state index is 13.1. The lowest BCUT2D eigenvalue weighted by Crippen LogP contribution is -2.00. The third-order valence-corrected chi connectivity index (χ3v) is 3.32. The molecule has 0 spiro atoms. The van der Waals surface area contributed by atoms with Crippen molar-refractivity contribution in [1.29, 1.82) is 0 Å². The third-order valence-electron chi connectivity index (χ3n) is 2.32. The van der Waals surface area contributed by atoms with E-state index in [-0.39, 0.29) is 5.82 Å². The summed E-state index contributed by atoms with van der Waals surface area (Å²) in [6, 6.07) is 12.0. The third kappa shape index (κ3) is 3.45. The van der Waals surface area contributed by atoms with Crippen molar-refractivity contribution in [3.05, 3.63) is 63.3 Å². The van der Waals surface area contributed by atoms with Crippen LogP contribution in [0.2, 0.25) is 5.02 Å². The maximum absolute atomic E-state index is 13.1. The van der Waals surface area contributed by atoms with Crippen LogP contribution in [0.3, 0.4) is 0 Å². The number of hydrogen-bond acceptors (Lipinski definition) is 1. The summed E-state index contributed by atoms with van der Waals surface area (Å²) in [5.41, 5.74) is 1.78. The molecule has 0 amide bonds. The van der Waals surface area contributed by atoms with E-state index in [0.29, 0.717) is 11.6 Å². The zero-order valence-electron chi connectivity index (χ0n) is 8.88. The highest BCUT2D eigenvalue weighted by Gasteiger charge is 2.02. The fourth-order valence-corrected chi connectivity index (χ4v) is 2.05. The lowest BCUT2D eigenvalue weighted by molar-refractivity contribution is 0.625. The van der Waals surface area contributed by atoms with Crippen LogP contribution in [-0.2, 0) is 6.54 Å².